The van der Waals surface area contributed by atoms with Crippen molar-refractivity contribution in [1.29, 1.82) is 0 Å². The third kappa shape index (κ3) is 3.75. The molecule has 1 heterocycles. The van der Waals surface area contributed by atoms with Crippen molar-refractivity contribution in [3.05, 3.63) is 0 Å². The summed E-state index contributed by atoms with van der Waals surface area (Å²) in [6.07, 6.45) is 0.994. The Morgan fingerprint density at radius 2 is 2.00 bits per heavy atom. The second-order valence-corrected chi connectivity index (χ2v) is 6.00. The van der Waals surface area contributed by atoms with Gasteiger partial charge in [0.05, 0.1) is 6.61 Å². The lowest BCUT2D eigenvalue weighted by molar-refractivity contribution is -0.265. The maximum absolute atomic E-state index is 14.4. The second-order valence-electron chi connectivity index (χ2n) is 6.00. The second kappa shape index (κ2) is 7.19. The molecule has 0 radical (unpaired) electrons. The van der Waals surface area contributed by atoms with Crippen LogP contribution in [0.2, 0.25) is 0 Å². The molecule has 0 saturated carbocycles. The molecule has 0 aromatic heterocycles. The molecule has 2 unspecified atom stereocenters. The number of unbranched alkanes of at least 4 members (excludes halogenated alkanes) is 2. The smallest absolute Gasteiger partial charge is 0.377 e. The van der Waals surface area contributed by atoms with Crippen molar-refractivity contribution < 1.29 is 32.9 Å². The van der Waals surface area contributed by atoms with Crippen LogP contribution in [0.1, 0.15) is 53.4 Å². The number of hydrogen-bond donors (Lipinski definition) is 1. The van der Waals surface area contributed by atoms with Gasteiger partial charge in [0.1, 0.15) is 6.10 Å². The highest BCUT2D eigenvalue weighted by Crippen LogP contribution is 2.43. The van der Waals surface area contributed by atoms with Crippen LogP contribution < -0.4 is 0 Å². The fraction of sp³-hybridized carbons (Fsp3) is 0.933. The summed E-state index contributed by atoms with van der Waals surface area (Å²) in [5.74, 6) is -7.31. The van der Waals surface area contributed by atoms with Gasteiger partial charge in [0.2, 0.25) is 0 Å². The number of halogens is 2. The van der Waals surface area contributed by atoms with E-state index in [0.29, 0.717) is 6.42 Å². The van der Waals surface area contributed by atoms with Crippen molar-refractivity contribution in [2.24, 2.45) is 0 Å². The minimum Gasteiger partial charge on any atom is -0.477 e. The average molecular weight is 324 g/mol. The highest BCUT2D eigenvalue weighted by Gasteiger charge is 2.66. The zero-order valence-electron chi connectivity index (χ0n) is 13.7. The van der Waals surface area contributed by atoms with E-state index in [1.807, 2.05) is 6.92 Å². The molecule has 5 nitrogen and oxygen atoms in total. The van der Waals surface area contributed by atoms with Gasteiger partial charge in [-0.2, -0.15) is 8.78 Å². The zero-order valence-corrected chi connectivity index (χ0v) is 13.7. The van der Waals surface area contributed by atoms with Gasteiger partial charge < -0.3 is 19.3 Å². The maximum Gasteiger partial charge on any atom is 0.377 e. The number of carboxylic acids is 1. The molecule has 1 N–H and O–H groups in total. The van der Waals surface area contributed by atoms with Crippen LogP contribution in [-0.4, -0.2) is 47.7 Å². The summed E-state index contributed by atoms with van der Waals surface area (Å²) in [5.41, 5.74) is -2.24. The molecule has 130 valence electrons. The Hall–Kier alpha value is -0.790. The van der Waals surface area contributed by atoms with Crippen molar-refractivity contribution in [2.45, 2.75) is 76.8 Å². The molecule has 1 rings (SSSR count). The van der Waals surface area contributed by atoms with E-state index < -0.39 is 29.4 Å². The lowest BCUT2D eigenvalue weighted by Crippen LogP contribution is -2.62. The van der Waals surface area contributed by atoms with E-state index >= 15 is 0 Å². The van der Waals surface area contributed by atoms with E-state index in [1.165, 1.54) is 6.92 Å². The summed E-state index contributed by atoms with van der Waals surface area (Å²) in [6, 6.07) is 0. The number of rotatable bonds is 9. The SMILES string of the molecule is CCCCCOC(CC)(C1COC(C)(C)O1)C(F)(F)C(=O)O. The van der Waals surface area contributed by atoms with Crippen LogP contribution in [-0.2, 0) is 19.0 Å². The van der Waals surface area contributed by atoms with Crippen LogP contribution in [0, 0.1) is 0 Å². The fourth-order valence-electron chi connectivity index (χ4n) is 2.64. The van der Waals surface area contributed by atoms with E-state index in [4.69, 9.17) is 19.3 Å². The van der Waals surface area contributed by atoms with Gasteiger partial charge in [-0.25, -0.2) is 4.79 Å². The standard InChI is InChI=1S/C15H26F2O5/c1-5-7-8-9-20-14(6-2,15(16,17)12(18)19)11-10-21-13(3,4)22-11/h11H,5-10H2,1-4H3,(H,18,19). The van der Waals surface area contributed by atoms with Crippen LogP contribution in [0.3, 0.4) is 0 Å². The molecule has 22 heavy (non-hydrogen) atoms. The quantitative estimate of drug-likeness (QED) is 0.660. The molecule has 1 aliphatic heterocycles. The number of aliphatic carboxylic acids is 1. The van der Waals surface area contributed by atoms with Crippen molar-refractivity contribution in [1.82, 2.24) is 0 Å². The summed E-state index contributed by atoms with van der Waals surface area (Å²) in [5, 5.41) is 8.97. The molecule has 0 amide bonds. The Bertz CT molecular complexity index is 386. The third-order valence-corrected chi connectivity index (χ3v) is 3.96. The fourth-order valence-corrected chi connectivity index (χ4v) is 2.64. The van der Waals surface area contributed by atoms with Crippen LogP contribution in [0.5, 0.6) is 0 Å². The Morgan fingerprint density at radius 3 is 2.41 bits per heavy atom. The number of carbonyl (C=O) groups is 1. The highest BCUT2D eigenvalue weighted by atomic mass is 19.3. The molecule has 1 aliphatic rings. The van der Waals surface area contributed by atoms with Gasteiger partial charge in [-0.3, -0.25) is 0 Å². The number of carboxylic acid groups (broad SMARTS) is 1. The van der Waals surface area contributed by atoms with Crippen LogP contribution in [0.25, 0.3) is 0 Å². The molecule has 0 aliphatic carbocycles. The first kappa shape index (κ1) is 19.3. The van der Waals surface area contributed by atoms with Crippen LogP contribution >= 0.6 is 0 Å². The summed E-state index contributed by atoms with van der Waals surface area (Å²) < 4.78 is 45.1. The van der Waals surface area contributed by atoms with Gasteiger partial charge >= 0.3 is 11.9 Å². The summed E-state index contributed by atoms with van der Waals surface area (Å²) in [4.78, 5) is 11.1. The van der Waals surface area contributed by atoms with Crippen molar-refractivity contribution in [3.63, 3.8) is 0 Å². The van der Waals surface area contributed by atoms with Gasteiger partial charge in [0.25, 0.3) is 0 Å². The van der Waals surface area contributed by atoms with Crippen molar-refractivity contribution >= 4 is 5.97 Å². The maximum atomic E-state index is 14.4. The van der Waals surface area contributed by atoms with Gasteiger partial charge in [-0.1, -0.05) is 26.7 Å². The predicted octanol–water partition coefficient (Wildman–Crippen LogP) is 3.21. The molecule has 0 aromatic carbocycles. The Labute approximate surface area is 129 Å². The lowest BCUT2D eigenvalue weighted by atomic mass is 9.86. The molecule has 0 aromatic rings. The lowest BCUT2D eigenvalue weighted by Gasteiger charge is -2.41. The number of hydrogen-bond acceptors (Lipinski definition) is 4. The molecule has 1 fully saturated rings. The third-order valence-electron chi connectivity index (χ3n) is 3.96. The molecule has 7 heteroatoms. The highest BCUT2D eigenvalue weighted by molar-refractivity contribution is 5.77. The van der Waals surface area contributed by atoms with Gasteiger partial charge in [0, 0.05) is 6.61 Å². The van der Waals surface area contributed by atoms with E-state index in [0.717, 1.165) is 12.8 Å². The van der Waals surface area contributed by atoms with Crippen molar-refractivity contribution in [2.75, 3.05) is 13.2 Å². The normalized spacial score (nSPS) is 24.2. The van der Waals surface area contributed by atoms with E-state index in [9.17, 15) is 13.6 Å². The monoisotopic (exact) mass is 324 g/mol. The Balaban J connectivity index is 3.04. The van der Waals surface area contributed by atoms with E-state index in [-0.39, 0.29) is 19.6 Å². The number of alkyl halides is 2. The molecule has 0 spiro atoms. The van der Waals surface area contributed by atoms with Crippen LogP contribution in [0.4, 0.5) is 8.78 Å². The first-order valence-corrected chi connectivity index (χ1v) is 7.70. The largest absolute Gasteiger partial charge is 0.477 e. The molecule has 2 atom stereocenters. The van der Waals surface area contributed by atoms with Crippen LogP contribution in [0.15, 0.2) is 0 Å². The minimum absolute atomic E-state index is 0.0604. The Morgan fingerprint density at radius 1 is 1.36 bits per heavy atom. The molecular formula is C15H26F2O5. The first-order chi connectivity index (χ1) is 10.1. The zero-order chi connectivity index (χ0) is 17.0. The summed E-state index contributed by atoms with van der Waals surface area (Å²) >= 11 is 0. The summed E-state index contributed by atoms with van der Waals surface area (Å²) in [6.45, 7) is 6.59. The van der Waals surface area contributed by atoms with E-state index in [1.54, 1.807) is 13.8 Å². The molecule has 0 bridgehead atoms. The molecular weight excluding hydrogens is 298 g/mol. The minimum atomic E-state index is -4.07. The molecule has 1 saturated heterocycles. The first-order valence-electron chi connectivity index (χ1n) is 7.70. The number of ether oxygens (including phenoxy) is 3. The topological polar surface area (TPSA) is 65.0 Å². The van der Waals surface area contributed by atoms with Crippen molar-refractivity contribution in [3.8, 4) is 0 Å². The van der Waals surface area contributed by atoms with E-state index in [2.05, 4.69) is 0 Å². The average Bonchev–Trinajstić information content (AvgIpc) is 2.79. The Kier molecular flexibility index (Phi) is 6.29. The summed E-state index contributed by atoms with van der Waals surface area (Å²) in [7, 11) is 0. The van der Waals surface area contributed by atoms with Gasteiger partial charge in [0.15, 0.2) is 11.4 Å². The predicted molar refractivity (Wildman–Crippen MR) is 76.0 cm³/mol. The van der Waals surface area contributed by atoms with Gasteiger partial charge in [-0.05, 0) is 26.7 Å². The van der Waals surface area contributed by atoms with Gasteiger partial charge in [-0.15, -0.1) is 0 Å².